The minimum absolute atomic E-state index is 0.694. The molecule has 1 heterocycles. The fourth-order valence-electron chi connectivity index (χ4n) is 0.152. The summed E-state index contributed by atoms with van der Waals surface area (Å²) in [5.74, 6) is 0.694. The van der Waals surface area contributed by atoms with Gasteiger partial charge in [0.05, 0.1) is 0 Å². The maximum Gasteiger partial charge on any atom is 0.182 e. The van der Waals surface area contributed by atoms with Gasteiger partial charge in [0.25, 0.3) is 0 Å². The van der Waals surface area contributed by atoms with Crippen molar-refractivity contribution < 1.29 is 4.74 Å². The van der Waals surface area contributed by atoms with Gasteiger partial charge in [0.2, 0.25) is 0 Å². The second kappa shape index (κ2) is 1.31. The Bertz CT molecular complexity index is 47.6. The Balaban J connectivity index is 2.32. The first-order valence-electron chi connectivity index (χ1n) is 1.25. The summed E-state index contributed by atoms with van der Waals surface area (Å²) in [7, 11) is 0. The van der Waals surface area contributed by atoms with Crippen LogP contribution in [-0.4, -0.2) is 12.3 Å². The third-order valence-electron chi connectivity index (χ3n) is 0.313. The lowest BCUT2D eigenvalue weighted by atomic mass is 11.4. The molecule has 0 fully saturated rings. The van der Waals surface area contributed by atoms with Crippen molar-refractivity contribution in [2.24, 2.45) is 4.40 Å². The molecule has 0 atom stereocenters. The van der Waals surface area contributed by atoms with Gasteiger partial charge >= 0.3 is 0 Å². The van der Waals surface area contributed by atoms with E-state index in [4.69, 9.17) is 0 Å². The summed E-state index contributed by atoms with van der Waals surface area (Å²) < 4.78 is 8.27. The Morgan fingerprint density at radius 1 is 2.00 bits per heavy atom. The zero-order chi connectivity index (χ0) is 3.54. The van der Waals surface area contributed by atoms with E-state index in [0.717, 1.165) is 0 Å². The molecular formula is C2H3NOS. The quantitative estimate of drug-likeness (QED) is 0.406. The van der Waals surface area contributed by atoms with Crippen LogP contribution >= 0.6 is 11.9 Å². The van der Waals surface area contributed by atoms with Gasteiger partial charge in [-0.3, -0.25) is 0 Å². The molecule has 0 aromatic heterocycles. The fraction of sp³-hybridized carbons (Fsp3) is 0.500. The first kappa shape index (κ1) is 3.03. The van der Waals surface area contributed by atoms with Crippen LogP contribution in [0.2, 0.25) is 0 Å². The molecule has 5 heavy (non-hydrogen) atoms. The summed E-state index contributed by atoms with van der Waals surface area (Å²) in [6.07, 6.45) is 1.45. The van der Waals surface area contributed by atoms with E-state index in [1.165, 1.54) is 18.3 Å². The smallest absolute Gasteiger partial charge is 0.182 e. The van der Waals surface area contributed by atoms with Crippen molar-refractivity contribution in [3.63, 3.8) is 0 Å². The molecule has 2 nitrogen and oxygen atoms in total. The number of rotatable bonds is 0. The first-order valence-corrected chi connectivity index (χ1v) is 2.20. The van der Waals surface area contributed by atoms with Crippen molar-refractivity contribution in [2.45, 2.75) is 0 Å². The summed E-state index contributed by atoms with van der Waals surface area (Å²) in [5.41, 5.74) is 0. The Hall–Kier alpha value is -0.180. The molecule has 0 spiro atoms. The summed E-state index contributed by atoms with van der Waals surface area (Å²) in [6, 6.07) is 0. The number of hydrogen-bond acceptors (Lipinski definition) is 3. The van der Waals surface area contributed by atoms with E-state index in [9.17, 15) is 0 Å². The highest BCUT2D eigenvalue weighted by atomic mass is 32.2. The second-order valence-electron chi connectivity index (χ2n) is 0.624. The van der Waals surface area contributed by atoms with Crippen molar-refractivity contribution in [3.8, 4) is 0 Å². The van der Waals surface area contributed by atoms with E-state index in [0.29, 0.717) is 5.94 Å². The number of hydrogen-bond donors (Lipinski definition) is 0. The predicted octanol–water partition coefficient (Wildman–Crippen LogP) is 0.651. The van der Waals surface area contributed by atoms with E-state index in [1.807, 2.05) is 0 Å². The van der Waals surface area contributed by atoms with Crippen molar-refractivity contribution in [1.29, 1.82) is 0 Å². The van der Waals surface area contributed by atoms with Crippen molar-refractivity contribution in [2.75, 3.05) is 5.94 Å². The van der Waals surface area contributed by atoms with E-state index < -0.39 is 0 Å². The molecule has 0 aliphatic carbocycles. The molecule has 0 bridgehead atoms. The molecule has 3 heteroatoms. The monoisotopic (exact) mass is 89.0 g/mol. The Labute approximate surface area is 34.4 Å². The van der Waals surface area contributed by atoms with Gasteiger partial charge in [0.15, 0.2) is 12.3 Å². The third-order valence-corrected chi connectivity index (χ3v) is 0.789. The minimum Gasteiger partial charge on any atom is -0.470 e. The summed E-state index contributed by atoms with van der Waals surface area (Å²) in [5, 5.41) is 0. The van der Waals surface area contributed by atoms with Gasteiger partial charge in [-0.05, 0) is 0 Å². The minimum atomic E-state index is 0.694. The molecule has 0 aromatic rings. The van der Waals surface area contributed by atoms with Crippen LogP contribution in [0, 0.1) is 0 Å². The molecule has 0 N–H and O–H groups in total. The lowest BCUT2D eigenvalue weighted by molar-refractivity contribution is 0.410. The van der Waals surface area contributed by atoms with E-state index in [-0.39, 0.29) is 0 Å². The molecular weight excluding hydrogens is 86.1 g/mol. The SMILES string of the molecule is C1=NSCO1. The molecule has 28 valence electrons. The average molecular weight is 89.1 g/mol. The highest BCUT2D eigenvalue weighted by molar-refractivity contribution is 7.98. The summed E-state index contributed by atoms with van der Waals surface area (Å²) in [4.78, 5) is 0. The topological polar surface area (TPSA) is 21.6 Å². The van der Waals surface area contributed by atoms with Crippen molar-refractivity contribution in [3.05, 3.63) is 0 Å². The van der Waals surface area contributed by atoms with Gasteiger partial charge in [-0.15, -0.1) is 0 Å². The van der Waals surface area contributed by atoms with Gasteiger partial charge in [0.1, 0.15) is 0 Å². The zero-order valence-corrected chi connectivity index (χ0v) is 3.36. The predicted molar refractivity (Wildman–Crippen MR) is 22.0 cm³/mol. The van der Waals surface area contributed by atoms with Crippen LogP contribution in [0.4, 0.5) is 0 Å². The maximum absolute atomic E-state index is 4.62. The molecule has 0 unspecified atom stereocenters. The van der Waals surface area contributed by atoms with Gasteiger partial charge in [0, 0.05) is 11.9 Å². The average Bonchev–Trinajstić information content (AvgIpc) is 1.76. The molecule has 1 aliphatic rings. The Kier molecular flexibility index (Phi) is 0.792. The van der Waals surface area contributed by atoms with Gasteiger partial charge in [-0.1, -0.05) is 0 Å². The van der Waals surface area contributed by atoms with Crippen LogP contribution in [-0.2, 0) is 4.74 Å². The maximum atomic E-state index is 4.62. The van der Waals surface area contributed by atoms with Crippen LogP contribution < -0.4 is 0 Å². The normalized spacial score (nSPS) is 19.2. The lowest BCUT2D eigenvalue weighted by Crippen LogP contribution is -1.71. The van der Waals surface area contributed by atoms with Crippen molar-refractivity contribution in [1.82, 2.24) is 0 Å². The summed E-state index contributed by atoms with van der Waals surface area (Å²) in [6.45, 7) is 0. The van der Waals surface area contributed by atoms with E-state index in [1.54, 1.807) is 0 Å². The molecule has 1 rings (SSSR count). The highest BCUT2D eigenvalue weighted by Crippen LogP contribution is 2.04. The molecule has 0 radical (unpaired) electrons. The number of ether oxygens (including phenoxy) is 1. The zero-order valence-electron chi connectivity index (χ0n) is 2.55. The van der Waals surface area contributed by atoms with Crippen LogP contribution in [0.15, 0.2) is 4.40 Å². The van der Waals surface area contributed by atoms with Crippen LogP contribution in [0.3, 0.4) is 0 Å². The van der Waals surface area contributed by atoms with Crippen LogP contribution in [0.25, 0.3) is 0 Å². The lowest BCUT2D eigenvalue weighted by Gasteiger charge is -1.74. The standard InChI is InChI=1S/C2H3NOS/c1-3-5-2-4-1/h1H,2H2. The third kappa shape index (κ3) is 0.545. The molecule has 1 aliphatic heterocycles. The number of nitrogens with zero attached hydrogens (tertiary/aromatic N) is 1. The van der Waals surface area contributed by atoms with Crippen LogP contribution in [0.1, 0.15) is 0 Å². The Morgan fingerprint density at radius 2 is 3.00 bits per heavy atom. The van der Waals surface area contributed by atoms with Crippen molar-refractivity contribution >= 4 is 18.3 Å². The largest absolute Gasteiger partial charge is 0.470 e. The van der Waals surface area contributed by atoms with Gasteiger partial charge < -0.3 is 4.74 Å². The van der Waals surface area contributed by atoms with Crippen LogP contribution in [0.5, 0.6) is 0 Å². The Morgan fingerprint density at radius 3 is 3.20 bits per heavy atom. The second-order valence-corrected chi connectivity index (χ2v) is 1.33. The highest BCUT2D eigenvalue weighted by Gasteiger charge is 1.86. The summed E-state index contributed by atoms with van der Waals surface area (Å²) >= 11 is 1.42. The molecule has 0 aromatic carbocycles. The molecule has 0 saturated carbocycles. The molecule has 0 saturated heterocycles. The molecule has 0 amide bonds. The van der Waals surface area contributed by atoms with Gasteiger partial charge in [-0.2, -0.15) is 4.40 Å². The van der Waals surface area contributed by atoms with Gasteiger partial charge in [-0.25, -0.2) is 0 Å². The van der Waals surface area contributed by atoms with E-state index in [2.05, 4.69) is 9.13 Å². The first-order chi connectivity index (χ1) is 2.50. The van der Waals surface area contributed by atoms with E-state index >= 15 is 0 Å². The fourth-order valence-corrected chi connectivity index (χ4v) is 0.456.